The predicted octanol–water partition coefficient (Wildman–Crippen LogP) is 3.82. The van der Waals surface area contributed by atoms with Gasteiger partial charge in [0.1, 0.15) is 18.2 Å². The molecule has 1 fully saturated rings. The zero-order valence-electron chi connectivity index (χ0n) is 15.8. The van der Waals surface area contributed by atoms with E-state index in [-0.39, 0.29) is 0 Å². The fourth-order valence-corrected chi connectivity index (χ4v) is 3.16. The lowest BCUT2D eigenvalue weighted by Gasteiger charge is -2.33. The highest BCUT2D eigenvalue weighted by Gasteiger charge is 2.16. The second kappa shape index (κ2) is 9.04. The van der Waals surface area contributed by atoms with Gasteiger partial charge in [-0.05, 0) is 35.4 Å². The van der Waals surface area contributed by atoms with Gasteiger partial charge in [0.25, 0.3) is 0 Å². The number of hydrogen-bond donors (Lipinski definition) is 0. The number of nitrogens with zero attached hydrogens (tertiary/aromatic N) is 4. The van der Waals surface area contributed by atoms with Crippen LogP contribution in [-0.4, -0.2) is 42.4 Å². The van der Waals surface area contributed by atoms with E-state index in [1.807, 2.05) is 67.0 Å². The summed E-state index contributed by atoms with van der Waals surface area (Å²) in [5.41, 5.74) is 2.20. The van der Waals surface area contributed by atoms with E-state index < -0.39 is 0 Å². The number of benzene rings is 2. The first-order valence-electron chi connectivity index (χ1n) is 9.58. The fraction of sp³-hybridized carbons (Fsp3) is 0.217. The van der Waals surface area contributed by atoms with Crippen LogP contribution < -0.4 is 9.64 Å². The molecule has 0 atom stereocenters. The fourth-order valence-electron chi connectivity index (χ4n) is 3.16. The number of ether oxygens (including phenoxy) is 1. The number of anilines is 1. The van der Waals surface area contributed by atoms with Gasteiger partial charge in [-0.25, -0.2) is 4.98 Å². The van der Waals surface area contributed by atoms with Gasteiger partial charge in [-0.2, -0.15) is 5.10 Å². The minimum Gasteiger partial charge on any atom is -0.489 e. The maximum atomic E-state index is 5.90. The van der Waals surface area contributed by atoms with Gasteiger partial charge in [-0.15, -0.1) is 0 Å². The van der Waals surface area contributed by atoms with Crippen LogP contribution in [0, 0.1) is 0 Å². The molecule has 4 rings (SSSR count). The van der Waals surface area contributed by atoms with E-state index >= 15 is 0 Å². The topological polar surface area (TPSA) is 41.0 Å². The second-order valence-corrected chi connectivity index (χ2v) is 6.72. The lowest BCUT2D eigenvalue weighted by atomic mass is 10.2. The first-order valence-corrected chi connectivity index (χ1v) is 9.58. The van der Waals surface area contributed by atoms with E-state index in [1.165, 1.54) is 0 Å². The van der Waals surface area contributed by atoms with Gasteiger partial charge >= 0.3 is 0 Å². The highest BCUT2D eigenvalue weighted by atomic mass is 16.5. The quantitative estimate of drug-likeness (QED) is 0.617. The molecule has 28 heavy (non-hydrogen) atoms. The third-order valence-corrected chi connectivity index (χ3v) is 4.71. The molecular weight excluding hydrogens is 348 g/mol. The molecule has 2 aromatic carbocycles. The molecule has 0 radical (unpaired) electrons. The summed E-state index contributed by atoms with van der Waals surface area (Å²) in [4.78, 5) is 6.72. The van der Waals surface area contributed by atoms with E-state index in [2.05, 4.69) is 38.2 Å². The summed E-state index contributed by atoms with van der Waals surface area (Å²) in [6.07, 6.45) is 3.75. The minimum absolute atomic E-state index is 0.566. The molecule has 1 aromatic heterocycles. The maximum Gasteiger partial charge on any atom is 0.128 e. The van der Waals surface area contributed by atoms with Gasteiger partial charge in [0.15, 0.2) is 0 Å². The molecule has 5 heteroatoms. The molecule has 5 nitrogen and oxygen atoms in total. The summed E-state index contributed by atoms with van der Waals surface area (Å²) in [6, 6.07) is 24.3. The smallest absolute Gasteiger partial charge is 0.128 e. The van der Waals surface area contributed by atoms with Crippen molar-refractivity contribution in [3.8, 4) is 5.75 Å². The Labute approximate surface area is 165 Å². The van der Waals surface area contributed by atoms with Gasteiger partial charge in [-0.3, -0.25) is 5.01 Å². The van der Waals surface area contributed by atoms with Crippen LogP contribution in [0.2, 0.25) is 0 Å². The number of rotatable bonds is 6. The molecule has 1 aliphatic heterocycles. The molecule has 3 aromatic rings. The van der Waals surface area contributed by atoms with E-state index in [0.29, 0.717) is 6.61 Å². The molecule has 142 valence electrons. The molecule has 0 aliphatic carbocycles. The SMILES string of the molecule is C(=NN1CCN(c2ccccn2)CC1)c1cccc(OCc2ccccc2)c1. The summed E-state index contributed by atoms with van der Waals surface area (Å²) in [5, 5.41) is 6.75. The largest absolute Gasteiger partial charge is 0.489 e. The Morgan fingerprint density at radius 2 is 1.71 bits per heavy atom. The Bertz CT molecular complexity index is 891. The number of aromatic nitrogens is 1. The number of hydrogen-bond acceptors (Lipinski definition) is 5. The monoisotopic (exact) mass is 372 g/mol. The molecule has 0 bridgehead atoms. The zero-order valence-corrected chi connectivity index (χ0v) is 15.8. The van der Waals surface area contributed by atoms with Gasteiger partial charge in [0.2, 0.25) is 0 Å². The first-order chi connectivity index (χ1) is 13.9. The van der Waals surface area contributed by atoms with E-state index in [1.54, 1.807) is 0 Å². The third-order valence-electron chi connectivity index (χ3n) is 4.71. The Hall–Kier alpha value is -3.34. The van der Waals surface area contributed by atoms with Gasteiger partial charge < -0.3 is 9.64 Å². The zero-order chi connectivity index (χ0) is 19.0. The summed E-state index contributed by atoms with van der Waals surface area (Å²) in [7, 11) is 0. The van der Waals surface area contributed by atoms with Gasteiger partial charge in [0, 0.05) is 19.3 Å². The molecule has 0 N–H and O–H groups in total. The maximum absolute atomic E-state index is 5.90. The van der Waals surface area contributed by atoms with Crippen LogP contribution in [0.5, 0.6) is 5.75 Å². The Balaban J connectivity index is 1.30. The van der Waals surface area contributed by atoms with Crippen molar-refractivity contribution in [1.82, 2.24) is 9.99 Å². The second-order valence-electron chi connectivity index (χ2n) is 6.72. The van der Waals surface area contributed by atoms with Crippen LogP contribution in [0.15, 0.2) is 84.1 Å². The van der Waals surface area contributed by atoms with Crippen molar-refractivity contribution < 1.29 is 4.74 Å². The van der Waals surface area contributed by atoms with Crippen LogP contribution in [0.4, 0.5) is 5.82 Å². The van der Waals surface area contributed by atoms with Crippen molar-refractivity contribution in [3.63, 3.8) is 0 Å². The molecule has 1 saturated heterocycles. The Morgan fingerprint density at radius 3 is 2.50 bits per heavy atom. The summed E-state index contributed by atoms with van der Waals surface area (Å²) < 4.78 is 5.90. The molecular formula is C23H24N4O. The average molecular weight is 372 g/mol. The van der Waals surface area contributed by atoms with Gasteiger partial charge in [0.05, 0.1) is 19.3 Å². The first kappa shape index (κ1) is 18.0. The molecule has 1 aliphatic rings. The van der Waals surface area contributed by atoms with E-state index in [4.69, 9.17) is 4.74 Å². The van der Waals surface area contributed by atoms with Crippen molar-refractivity contribution in [2.75, 3.05) is 31.1 Å². The Kier molecular flexibility index (Phi) is 5.83. The van der Waals surface area contributed by atoms with Gasteiger partial charge in [-0.1, -0.05) is 48.5 Å². The lowest BCUT2D eigenvalue weighted by Crippen LogP contribution is -2.44. The normalized spacial score (nSPS) is 14.4. The van der Waals surface area contributed by atoms with E-state index in [9.17, 15) is 0 Å². The highest BCUT2D eigenvalue weighted by molar-refractivity contribution is 5.80. The highest BCUT2D eigenvalue weighted by Crippen LogP contribution is 2.15. The van der Waals surface area contributed by atoms with Crippen LogP contribution in [0.1, 0.15) is 11.1 Å². The number of pyridine rings is 1. The van der Waals surface area contributed by atoms with Crippen molar-refractivity contribution in [1.29, 1.82) is 0 Å². The molecule has 2 heterocycles. The van der Waals surface area contributed by atoms with Crippen molar-refractivity contribution in [2.24, 2.45) is 5.10 Å². The number of piperazine rings is 1. The molecule has 0 unspecified atom stereocenters. The van der Waals surface area contributed by atoms with Crippen molar-refractivity contribution in [3.05, 3.63) is 90.1 Å². The molecule has 0 saturated carbocycles. The average Bonchev–Trinajstić information content (AvgIpc) is 2.78. The van der Waals surface area contributed by atoms with Crippen LogP contribution >= 0.6 is 0 Å². The van der Waals surface area contributed by atoms with Crippen molar-refractivity contribution in [2.45, 2.75) is 6.61 Å². The Morgan fingerprint density at radius 1 is 0.893 bits per heavy atom. The molecule has 0 spiro atoms. The third kappa shape index (κ3) is 4.88. The molecule has 0 amide bonds. The minimum atomic E-state index is 0.566. The number of hydrazone groups is 1. The van der Waals surface area contributed by atoms with Crippen LogP contribution in [0.3, 0.4) is 0 Å². The summed E-state index contributed by atoms with van der Waals surface area (Å²) >= 11 is 0. The van der Waals surface area contributed by atoms with Crippen LogP contribution in [0.25, 0.3) is 0 Å². The van der Waals surface area contributed by atoms with Crippen LogP contribution in [-0.2, 0) is 6.61 Å². The summed E-state index contributed by atoms with van der Waals surface area (Å²) in [6.45, 7) is 4.19. The standard InChI is InChI=1S/C23H24N4O/c1-2-7-20(8-3-1)19-28-22-10-6-9-21(17-22)18-25-27-15-13-26(14-16-27)23-11-4-5-12-24-23/h1-12,17-18H,13-16,19H2. The summed E-state index contributed by atoms with van der Waals surface area (Å²) in [5.74, 6) is 1.89. The van der Waals surface area contributed by atoms with E-state index in [0.717, 1.165) is 48.9 Å². The lowest BCUT2D eigenvalue weighted by molar-refractivity contribution is 0.271. The predicted molar refractivity (Wildman–Crippen MR) is 113 cm³/mol. The van der Waals surface area contributed by atoms with Crippen molar-refractivity contribution >= 4 is 12.0 Å².